The molecule has 2 aromatic rings. The summed E-state index contributed by atoms with van der Waals surface area (Å²) in [6.07, 6.45) is 0.244. The number of aryl methyl sites for hydroxylation is 3. The molecule has 0 aliphatic carbocycles. The van der Waals surface area contributed by atoms with Crippen LogP contribution < -0.4 is 0 Å². The smallest absolute Gasteiger partial charge is 0.0833 e. The van der Waals surface area contributed by atoms with Crippen molar-refractivity contribution in [2.75, 3.05) is 0 Å². The molecule has 0 amide bonds. The number of hydrogen-bond donors (Lipinski definition) is 1. The second-order valence-electron chi connectivity index (χ2n) is 5.51. The van der Waals surface area contributed by atoms with Gasteiger partial charge in [-0.1, -0.05) is 47.5 Å². The van der Waals surface area contributed by atoms with Crippen LogP contribution in [0.3, 0.4) is 0 Å². The summed E-state index contributed by atoms with van der Waals surface area (Å²) in [7, 11) is 0. The van der Waals surface area contributed by atoms with Gasteiger partial charge in [-0.15, -0.1) is 0 Å². The van der Waals surface area contributed by atoms with E-state index in [4.69, 9.17) is 0 Å². The molecule has 0 heterocycles. The van der Waals surface area contributed by atoms with E-state index in [2.05, 4.69) is 52.0 Å². The van der Waals surface area contributed by atoms with Crippen LogP contribution in [0, 0.1) is 27.7 Å². The van der Waals surface area contributed by atoms with Gasteiger partial charge in [-0.3, -0.25) is 0 Å². The highest BCUT2D eigenvalue weighted by molar-refractivity contribution is 5.36. The molecule has 1 atom stereocenters. The fourth-order valence-corrected chi connectivity index (χ4v) is 2.65. The lowest BCUT2D eigenvalue weighted by Gasteiger charge is -2.16. The Balaban J connectivity index is 2.25. The number of rotatable bonds is 3. The molecule has 1 heteroatoms. The monoisotopic (exact) mass is 254 g/mol. The first-order valence-corrected chi connectivity index (χ1v) is 6.78. The number of aliphatic hydroxyl groups excluding tert-OH is 1. The molecule has 100 valence electrons. The first-order valence-electron chi connectivity index (χ1n) is 6.78. The zero-order valence-corrected chi connectivity index (χ0v) is 12.2. The highest BCUT2D eigenvalue weighted by atomic mass is 16.3. The maximum absolute atomic E-state index is 10.5. The molecule has 0 aromatic heterocycles. The van der Waals surface area contributed by atoms with Crippen LogP contribution in [-0.2, 0) is 6.42 Å². The predicted octanol–water partition coefficient (Wildman–Crippen LogP) is 4.20. The summed E-state index contributed by atoms with van der Waals surface area (Å²) in [5, 5.41) is 10.5. The van der Waals surface area contributed by atoms with Crippen LogP contribution in [0.2, 0.25) is 0 Å². The van der Waals surface area contributed by atoms with Crippen molar-refractivity contribution in [2.24, 2.45) is 0 Å². The average Bonchev–Trinajstić information content (AvgIpc) is 2.31. The zero-order valence-electron chi connectivity index (χ0n) is 12.2. The van der Waals surface area contributed by atoms with Gasteiger partial charge >= 0.3 is 0 Å². The molecule has 0 saturated heterocycles. The minimum absolute atomic E-state index is 0.430. The lowest BCUT2D eigenvalue weighted by molar-refractivity contribution is 0.177. The molecule has 1 N–H and O–H groups in total. The fourth-order valence-electron chi connectivity index (χ4n) is 2.65. The highest BCUT2D eigenvalue weighted by Gasteiger charge is 2.12. The van der Waals surface area contributed by atoms with E-state index < -0.39 is 6.10 Å². The Bertz CT molecular complexity index is 564. The van der Waals surface area contributed by atoms with E-state index in [-0.39, 0.29) is 0 Å². The molecular weight excluding hydrogens is 232 g/mol. The molecular formula is C18H22O. The van der Waals surface area contributed by atoms with Gasteiger partial charge in [0.25, 0.3) is 0 Å². The molecule has 0 saturated carbocycles. The van der Waals surface area contributed by atoms with E-state index in [0.717, 1.165) is 5.56 Å². The van der Waals surface area contributed by atoms with Crippen molar-refractivity contribution in [1.82, 2.24) is 0 Å². The van der Waals surface area contributed by atoms with Crippen LogP contribution in [0.4, 0.5) is 0 Å². The van der Waals surface area contributed by atoms with Gasteiger partial charge in [0.05, 0.1) is 6.10 Å². The van der Waals surface area contributed by atoms with Crippen molar-refractivity contribution in [1.29, 1.82) is 0 Å². The van der Waals surface area contributed by atoms with E-state index in [9.17, 15) is 5.11 Å². The molecule has 0 aliphatic rings. The molecule has 1 nitrogen and oxygen atoms in total. The van der Waals surface area contributed by atoms with E-state index in [1.54, 1.807) is 0 Å². The van der Waals surface area contributed by atoms with Gasteiger partial charge in [-0.25, -0.2) is 0 Å². The summed E-state index contributed by atoms with van der Waals surface area (Å²) < 4.78 is 0. The normalized spacial score (nSPS) is 12.5. The Hall–Kier alpha value is -1.60. The van der Waals surface area contributed by atoms with Crippen molar-refractivity contribution in [3.05, 3.63) is 69.8 Å². The van der Waals surface area contributed by atoms with Crippen molar-refractivity contribution >= 4 is 0 Å². The van der Waals surface area contributed by atoms with E-state index in [1.165, 1.54) is 27.8 Å². The minimum atomic E-state index is -0.430. The van der Waals surface area contributed by atoms with Crippen molar-refractivity contribution in [2.45, 2.75) is 40.2 Å². The van der Waals surface area contributed by atoms with Gasteiger partial charge in [0.2, 0.25) is 0 Å². The SMILES string of the molecule is Cc1cc(C)cc(CC(O)c2cccc(C)c2C)c1. The summed E-state index contributed by atoms with van der Waals surface area (Å²) in [5.74, 6) is 0. The third kappa shape index (κ3) is 3.24. The standard InChI is InChI=1S/C18H22O/c1-12-8-13(2)10-16(9-12)11-18(19)17-7-5-6-14(3)15(17)4/h5-10,18-19H,11H2,1-4H3. The molecule has 0 spiro atoms. The maximum Gasteiger partial charge on any atom is 0.0833 e. The third-order valence-corrected chi connectivity index (χ3v) is 3.72. The summed E-state index contributed by atoms with van der Waals surface area (Å²) in [4.78, 5) is 0. The van der Waals surface area contributed by atoms with Crippen molar-refractivity contribution in [3.8, 4) is 0 Å². The van der Waals surface area contributed by atoms with Gasteiger partial charge in [0, 0.05) is 6.42 Å². The summed E-state index contributed by atoms with van der Waals surface area (Å²) in [5.41, 5.74) is 7.17. The maximum atomic E-state index is 10.5. The summed E-state index contributed by atoms with van der Waals surface area (Å²) in [6, 6.07) is 12.6. The topological polar surface area (TPSA) is 20.2 Å². The minimum Gasteiger partial charge on any atom is -0.388 e. The van der Waals surface area contributed by atoms with Gasteiger partial charge < -0.3 is 5.11 Å². The lowest BCUT2D eigenvalue weighted by Crippen LogP contribution is -2.05. The van der Waals surface area contributed by atoms with Crippen molar-refractivity contribution in [3.63, 3.8) is 0 Å². The Labute approximate surface area is 115 Å². The molecule has 19 heavy (non-hydrogen) atoms. The second-order valence-corrected chi connectivity index (χ2v) is 5.51. The molecule has 1 unspecified atom stereocenters. The van der Waals surface area contributed by atoms with E-state index in [0.29, 0.717) is 6.42 Å². The molecule has 0 bridgehead atoms. The van der Waals surface area contributed by atoms with E-state index >= 15 is 0 Å². The van der Waals surface area contributed by atoms with Crippen LogP contribution in [0.15, 0.2) is 36.4 Å². The van der Waals surface area contributed by atoms with Crippen LogP contribution in [0.5, 0.6) is 0 Å². The molecule has 0 aliphatic heterocycles. The number of aliphatic hydroxyl groups is 1. The lowest BCUT2D eigenvalue weighted by atomic mass is 9.94. The van der Waals surface area contributed by atoms with Gasteiger partial charge in [0.15, 0.2) is 0 Å². The van der Waals surface area contributed by atoms with Gasteiger partial charge in [-0.2, -0.15) is 0 Å². The summed E-state index contributed by atoms with van der Waals surface area (Å²) >= 11 is 0. The predicted molar refractivity (Wildman–Crippen MR) is 80.5 cm³/mol. The van der Waals surface area contributed by atoms with Crippen LogP contribution in [-0.4, -0.2) is 5.11 Å². The zero-order chi connectivity index (χ0) is 14.0. The third-order valence-electron chi connectivity index (χ3n) is 3.72. The Morgan fingerprint density at radius 2 is 1.58 bits per heavy atom. The van der Waals surface area contributed by atoms with Crippen molar-refractivity contribution < 1.29 is 5.11 Å². The Morgan fingerprint density at radius 3 is 2.21 bits per heavy atom. The van der Waals surface area contributed by atoms with Crippen LogP contribution in [0.1, 0.15) is 39.5 Å². The van der Waals surface area contributed by atoms with Gasteiger partial charge in [-0.05, 0) is 49.9 Å². The van der Waals surface area contributed by atoms with Gasteiger partial charge in [0.1, 0.15) is 0 Å². The number of hydrogen-bond acceptors (Lipinski definition) is 1. The highest BCUT2D eigenvalue weighted by Crippen LogP contribution is 2.24. The first-order chi connectivity index (χ1) is 8.97. The van der Waals surface area contributed by atoms with Crippen LogP contribution >= 0.6 is 0 Å². The molecule has 2 rings (SSSR count). The molecule has 2 aromatic carbocycles. The number of benzene rings is 2. The summed E-state index contributed by atoms with van der Waals surface area (Å²) in [6.45, 7) is 8.36. The Kier molecular flexibility index (Phi) is 4.06. The Morgan fingerprint density at radius 1 is 0.947 bits per heavy atom. The second kappa shape index (κ2) is 5.58. The first kappa shape index (κ1) is 13.8. The van der Waals surface area contributed by atoms with Crippen LogP contribution in [0.25, 0.3) is 0 Å². The largest absolute Gasteiger partial charge is 0.388 e. The van der Waals surface area contributed by atoms with E-state index in [1.807, 2.05) is 12.1 Å². The average molecular weight is 254 g/mol. The molecule has 0 radical (unpaired) electrons. The molecule has 0 fully saturated rings. The quantitative estimate of drug-likeness (QED) is 0.870. The fraction of sp³-hybridized carbons (Fsp3) is 0.333.